The van der Waals surface area contributed by atoms with Gasteiger partial charge in [-0.3, -0.25) is 9.59 Å². The predicted octanol–water partition coefficient (Wildman–Crippen LogP) is 4.34. The molecule has 3 aromatic rings. The second-order valence-corrected chi connectivity index (χ2v) is 12.3. The van der Waals surface area contributed by atoms with Crippen LogP contribution >= 0.6 is 22.7 Å². The number of carbonyl (C=O) groups is 2. The zero-order valence-corrected chi connectivity index (χ0v) is 22.2. The Morgan fingerprint density at radius 1 is 1.23 bits per heavy atom. The van der Waals surface area contributed by atoms with Crippen LogP contribution in [0.1, 0.15) is 60.8 Å². The molecule has 1 aliphatic heterocycles. The summed E-state index contributed by atoms with van der Waals surface area (Å²) in [7, 11) is 0. The number of carbonyl (C=O) groups excluding carboxylic acids is 2. The number of hydrogen-bond acceptors (Lipinski definition) is 7. The van der Waals surface area contributed by atoms with Gasteiger partial charge in [-0.2, -0.15) is 0 Å². The fourth-order valence-corrected chi connectivity index (χ4v) is 6.46. The molecule has 1 fully saturated rings. The molecule has 35 heavy (non-hydrogen) atoms. The number of benzene rings is 1. The minimum absolute atomic E-state index is 0.0121. The molecule has 0 radical (unpaired) electrons. The quantitative estimate of drug-likeness (QED) is 0.489. The van der Waals surface area contributed by atoms with Crippen LogP contribution in [0.5, 0.6) is 0 Å². The highest BCUT2D eigenvalue weighted by molar-refractivity contribution is 7.13. The summed E-state index contributed by atoms with van der Waals surface area (Å²) >= 11 is 3.21. The number of rotatable bonds is 7. The minimum Gasteiger partial charge on any atom is -0.391 e. The summed E-state index contributed by atoms with van der Waals surface area (Å²) in [6.45, 7) is 8.06. The van der Waals surface area contributed by atoms with Gasteiger partial charge in [-0.25, -0.2) is 9.97 Å². The van der Waals surface area contributed by atoms with E-state index in [2.05, 4.69) is 34.2 Å². The van der Waals surface area contributed by atoms with Crippen molar-refractivity contribution in [3.63, 3.8) is 0 Å². The van der Waals surface area contributed by atoms with Crippen molar-refractivity contribution in [3.05, 3.63) is 57.1 Å². The maximum absolute atomic E-state index is 13.5. The van der Waals surface area contributed by atoms with Gasteiger partial charge < -0.3 is 15.7 Å². The van der Waals surface area contributed by atoms with Crippen LogP contribution < -0.4 is 5.73 Å². The molecule has 0 saturated carbocycles. The Labute approximate surface area is 214 Å². The molecule has 186 valence electrons. The maximum atomic E-state index is 13.5. The third-order valence-corrected chi connectivity index (χ3v) is 8.58. The molecule has 4 rings (SSSR count). The van der Waals surface area contributed by atoms with E-state index in [4.69, 9.17) is 5.73 Å². The first-order valence-corrected chi connectivity index (χ1v) is 13.4. The van der Waals surface area contributed by atoms with Gasteiger partial charge in [-0.15, -0.1) is 22.7 Å². The normalized spacial score (nSPS) is 19.2. The molecule has 3 N–H and O–H groups in total. The van der Waals surface area contributed by atoms with Crippen molar-refractivity contribution < 1.29 is 14.7 Å². The number of aliphatic hydroxyl groups is 1. The van der Waals surface area contributed by atoms with E-state index in [0.717, 1.165) is 27.6 Å². The number of nitrogens with zero attached hydrogens (tertiary/aromatic N) is 3. The fourth-order valence-electron chi connectivity index (χ4n) is 4.57. The van der Waals surface area contributed by atoms with Crippen LogP contribution in [0.3, 0.4) is 0 Å². The van der Waals surface area contributed by atoms with Gasteiger partial charge in [0.05, 0.1) is 34.1 Å². The number of amides is 2. The Hall–Kier alpha value is -2.62. The Balaban J connectivity index is 1.50. The molecule has 3 atom stereocenters. The molecule has 1 aromatic carbocycles. The first-order valence-electron chi connectivity index (χ1n) is 11.7. The van der Waals surface area contributed by atoms with Crippen molar-refractivity contribution in [2.45, 2.75) is 59.1 Å². The van der Waals surface area contributed by atoms with Gasteiger partial charge in [0.15, 0.2) is 0 Å². The van der Waals surface area contributed by atoms with Crippen molar-refractivity contribution in [1.82, 2.24) is 14.9 Å². The number of nitrogens with two attached hydrogens (primary N) is 1. The van der Waals surface area contributed by atoms with Gasteiger partial charge in [0, 0.05) is 36.9 Å². The molecule has 3 heterocycles. The van der Waals surface area contributed by atoms with Crippen LogP contribution in [0.2, 0.25) is 0 Å². The van der Waals surface area contributed by atoms with Gasteiger partial charge in [-0.05, 0) is 23.5 Å². The molecule has 1 aliphatic rings. The van der Waals surface area contributed by atoms with E-state index in [-0.39, 0.29) is 24.9 Å². The van der Waals surface area contributed by atoms with Crippen LogP contribution in [0, 0.1) is 18.3 Å². The van der Waals surface area contributed by atoms with Gasteiger partial charge >= 0.3 is 0 Å². The number of primary amides is 1. The lowest BCUT2D eigenvalue weighted by Crippen LogP contribution is -2.43. The van der Waals surface area contributed by atoms with Crippen LogP contribution in [0.4, 0.5) is 0 Å². The molecule has 0 aliphatic carbocycles. The largest absolute Gasteiger partial charge is 0.391 e. The summed E-state index contributed by atoms with van der Waals surface area (Å²) in [6.07, 6.45) is 2.42. The summed E-state index contributed by atoms with van der Waals surface area (Å²) in [6, 6.07) is 8.20. The van der Waals surface area contributed by atoms with Crippen LogP contribution in [-0.4, -0.2) is 44.4 Å². The Morgan fingerprint density at radius 2 is 1.94 bits per heavy atom. The molecule has 0 spiro atoms. The average molecular weight is 513 g/mol. The first kappa shape index (κ1) is 25.5. The highest BCUT2D eigenvalue weighted by Gasteiger charge is 2.43. The molecule has 2 aromatic heterocycles. The van der Waals surface area contributed by atoms with E-state index in [1.165, 1.54) is 10.4 Å². The van der Waals surface area contributed by atoms with E-state index < -0.39 is 23.3 Å². The van der Waals surface area contributed by atoms with Crippen LogP contribution in [0.25, 0.3) is 10.4 Å². The lowest BCUT2D eigenvalue weighted by atomic mass is 9.77. The van der Waals surface area contributed by atoms with E-state index in [1.807, 2.05) is 39.4 Å². The lowest BCUT2D eigenvalue weighted by Gasteiger charge is -2.34. The molecule has 0 unspecified atom stereocenters. The highest BCUT2D eigenvalue weighted by atomic mass is 32.1. The van der Waals surface area contributed by atoms with Crippen molar-refractivity contribution in [1.29, 1.82) is 0 Å². The molecule has 0 bridgehead atoms. The predicted molar refractivity (Wildman–Crippen MR) is 139 cm³/mol. The summed E-state index contributed by atoms with van der Waals surface area (Å²) in [4.78, 5) is 38.1. The molecular weight excluding hydrogens is 480 g/mol. The van der Waals surface area contributed by atoms with Crippen molar-refractivity contribution in [2.75, 3.05) is 6.54 Å². The van der Waals surface area contributed by atoms with Gasteiger partial charge in [0.2, 0.25) is 11.8 Å². The van der Waals surface area contributed by atoms with E-state index in [0.29, 0.717) is 6.42 Å². The number of aryl methyl sites for hydroxylation is 1. The van der Waals surface area contributed by atoms with Crippen LogP contribution in [0.15, 0.2) is 36.0 Å². The minimum atomic E-state index is -0.617. The number of aromatic nitrogens is 2. The number of hydrogen-bond donors (Lipinski definition) is 2. The second-order valence-electron chi connectivity index (χ2n) is 10.3. The average Bonchev–Trinajstić information content (AvgIpc) is 3.51. The molecule has 2 amide bonds. The van der Waals surface area contributed by atoms with Crippen molar-refractivity contribution in [3.8, 4) is 10.4 Å². The first-order chi connectivity index (χ1) is 16.5. The van der Waals surface area contributed by atoms with Gasteiger partial charge in [0.25, 0.3) is 0 Å². The van der Waals surface area contributed by atoms with Crippen LogP contribution in [-0.2, 0) is 16.0 Å². The Bertz CT molecular complexity index is 1200. The standard InChI is InChI=1S/C26H32N4O3S2/c1-15-23(34-14-29-15)17-7-5-16(6-8-17)9-19-12-28-24(35-19)21-10-18(31)13-30(21)25(33)20(11-22(27)32)26(2,3)4/h5-8,12,14,18,20-21,31H,9-11,13H2,1-4H3,(H2,27,32)/t18-,20-,21+/m1/s1. The third-order valence-electron chi connectivity index (χ3n) is 6.51. The fraction of sp³-hybridized carbons (Fsp3) is 0.462. The SMILES string of the molecule is Cc1ncsc1-c1ccc(Cc2cnc([C@@H]3C[C@@H](O)CN3C(=O)[C@@H](CC(N)=O)C(C)(C)C)s2)cc1. The molecule has 9 heteroatoms. The summed E-state index contributed by atoms with van der Waals surface area (Å²) < 4.78 is 0. The molecule has 7 nitrogen and oxygen atoms in total. The Kier molecular flexibility index (Phi) is 7.40. The molecular formula is C26H32N4O3S2. The monoisotopic (exact) mass is 512 g/mol. The zero-order chi connectivity index (χ0) is 25.3. The topological polar surface area (TPSA) is 109 Å². The van der Waals surface area contributed by atoms with Gasteiger partial charge in [0.1, 0.15) is 5.01 Å². The summed E-state index contributed by atoms with van der Waals surface area (Å²) in [5.74, 6) is -1.20. The van der Waals surface area contributed by atoms with Crippen molar-refractivity contribution in [2.24, 2.45) is 17.1 Å². The number of β-amino-alcohol motifs (C(OH)–C–C–N with tert-alkyl or cyclic N) is 1. The number of thiazole rings is 2. The van der Waals surface area contributed by atoms with Gasteiger partial charge in [-0.1, -0.05) is 45.0 Å². The van der Waals surface area contributed by atoms with E-state index in [9.17, 15) is 14.7 Å². The van der Waals surface area contributed by atoms with Crippen molar-refractivity contribution >= 4 is 34.5 Å². The molecule has 1 saturated heterocycles. The zero-order valence-electron chi connectivity index (χ0n) is 20.5. The smallest absolute Gasteiger partial charge is 0.227 e. The highest BCUT2D eigenvalue weighted by Crippen LogP contribution is 2.39. The number of aliphatic hydroxyl groups excluding tert-OH is 1. The second kappa shape index (κ2) is 10.2. The lowest BCUT2D eigenvalue weighted by molar-refractivity contribution is -0.143. The maximum Gasteiger partial charge on any atom is 0.227 e. The third kappa shape index (κ3) is 5.79. The van der Waals surface area contributed by atoms with E-state index in [1.54, 1.807) is 27.6 Å². The number of likely N-dealkylation sites (tertiary alicyclic amines) is 1. The van der Waals surface area contributed by atoms with E-state index >= 15 is 0 Å². The summed E-state index contributed by atoms with van der Waals surface area (Å²) in [5.41, 5.74) is 10.3. The Morgan fingerprint density at radius 3 is 2.54 bits per heavy atom. The summed E-state index contributed by atoms with van der Waals surface area (Å²) in [5, 5.41) is 11.2.